The Kier molecular flexibility index (Phi) is 4.84. The van der Waals surface area contributed by atoms with Crippen LogP contribution in [0.3, 0.4) is 0 Å². The SMILES string of the molecule is Cc1cc2c(cc1C)CN(CC(=O)N/N=C\c1c(O)ccc3ccccc13)C2. The third-order valence-electron chi connectivity index (χ3n) is 5.30. The van der Waals surface area contributed by atoms with Gasteiger partial charge in [-0.25, -0.2) is 5.43 Å². The topological polar surface area (TPSA) is 64.9 Å². The van der Waals surface area contributed by atoms with E-state index in [1.807, 2.05) is 30.3 Å². The lowest BCUT2D eigenvalue weighted by molar-refractivity contribution is -0.122. The zero-order chi connectivity index (χ0) is 19.7. The Morgan fingerprint density at radius 2 is 1.79 bits per heavy atom. The first-order valence-electron chi connectivity index (χ1n) is 9.35. The van der Waals surface area contributed by atoms with Crippen LogP contribution in [0.25, 0.3) is 10.8 Å². The van der Waals surface area contributed by atoms with Crippen LogP contribution >= 0.6 is 0 Å². The van der Waals surface area contributed by atoms with Crippen LogP contribution in [-0.2, 0) is 17.9 Å². The Labute approximate surface area is 164 Å². The molecule has 1 amide bonds. The van der Waals surface area contributed by atoms with Crippen molar-refractivity contribution in [1.82, 2.24) is 10.3 Å². The summed E-state index contributed by atoms with van der Waals surface area (Å²) in [5, 5.41) is 16.1. The molecule has 28 heavy (non-hydrogen) atoms. The van der Waals surface area contributed by atoms with Crippen LogP contribution in [0.4, 0.5) is 0 Å². The number of rotatable bonds is 4. The number of phenols is 1. The van der Waals surface area contributed by atoms with Crippen LogP contribution < -0.4 is 5.43 Å². The summed E-state index contributed by atoms with van der Waals surface area (Å²) in [5.41, 5.74) is 8.32. The molecule has 0 aromatic heterocycles. The number of nitrogens with zero attached hydrogens (tertiary/aromatic N) is 2. The van der Waals surface area contributed by atoms with Gasteiger partial charge in [0.25, 0.3) is 5.91 Å². The van der Waals surface area contributed by atoms with Gasteiger partial charge in [-0.15, -0.1) is 0 Å². The highest BCUT2D eigenvalue weighted by Crippen LogP contribution is 2.26. The molecule has 1 heterocycles. The van der Waals surface area contributed by atoms with E-state index in [1.165, 1.54) is 28.5 Å². The van der Waals surface area contributed by atoms with Crippen molar-refractivity contribution in [1.29, 1.82) is 0 Å². The van der Waals surface area contributed by atoms with Gasteiger partial charge in [0.2, 0.25) is 0 Å². The van der Waals surface area contributed by atoms with Gasteiger partial charge >= 0.3 is 0 Å². The number of aromatic hydroxyl groups is 1. The van der Waals surface area contributed by atoms with Gasteiger partial charge < -0.3 is 5.11 Å². The molecule has 3 aromatic rings. The maximum absolute atomic E-state index is 12.3. The molecule has 0 saturated heterocycles. The standard InChI is InChI=1S/C23H23N3O2/c1-15-9-18-12-26(13-19(18)10-16(15)2)14-23(28)25-24-11-21-20-6-4-3-5-17(20)7-8-22(21)27/h3-11,27H,12-14H2,1-2H3,(H,25,28)/b24-11-. The first-order chi connectivity index (χ1) is 13.5. The molecule has 0 radical (unpaired) electrons. The summed E-state index contributed by atoms with van der Waals surface area (Å²) in [5.74, 6) is -0.0327. The highest BCUT2D eigenvalue weighted by molar-refractivity contribution is 6.02. The van der Waals surface area contributed by atoms with Crippen molar-refractivity contribution in [2.24, 2.45) is 5.10 Å². The molecule has 5 nitrogen and oxygen atoms in total. The largest absolute Gasteiger partial charge is 0.507 e. The second-order valence-electron chi connectivity index (χ2n) is 7.36. The number of hydrazone groups is 1. The predicted octanol–water partition coefficient (Wildman–Crippen LogP) is 3.63. The zero-order valence-electron chi connectivity index (χ0n) is 16.1. The normalized spacial score (nSPS) is 13.9. The molecule has 3 aromatic carbocycles. The average Bonchev–Trinajstić information content (AvgIpc) is 3.04. The maximum atomic E-state index is 12.3. The summed E-state index contributed by atoms with van der Waals surface area (Å²) >= 11 is 0. The number of aryl methyl sites for hydroxylation is 2. The predicted molar refractivity (Wildman–Crippen MR) is 111 cm³/mol. The van der Waals surface area contributed by atoms with E-state index in [9.17, 15) is 9.90 Å². The summed E-state index contributed by atoms with van der Waals surface area (Å²) in [6.45, 7) is 6.06. The number of nitrogens with one attached hydrogen (secondary N) is 1. The lowest BCUT2D eigenvalue weighted by Gasteiger charge is -2.12. The summed E-state index contributed by atoms with van der Waals surface area (Å²) in [7, 11) is 0. The average molecular weight is 373 g/mol. The van der Waals surface area contributed by atoms with Crippen molar-refractivity contribution < 1.29 is 9.90 Å². The van der Waals surface area contributed by atoms with Crippen LogP contribution in [0.1, 0.15) is 27.8 Å². The summed E-state index contributed by atoms with van der Waals surface area (Å²) in [4.78, 5) is 14.4. The van der Waals surface area contributed by atoms with E-state index >= 15 is 0 Å². The molecule has 0 atom stereocenters. The smallest absolute Gasteiger partial charge is 0.254 e. The molecule has 1 aliphatic rings. The fourth-order valence-electron chi connectivity index (χ4n) is 3.71. The van der Waals surface area contributed by atoms with Gasteiger partial charge in [-0.3, -0.25) is 9.69 Å². The van der Waals surface area contributed by atoms with E-state index in [0.717, 1.165) is 23.9 Å². The molecular formula is C23H23N3O2. The number of amides is 1. The lowest BCUT2D eigenvalue weighted by Crippen LogP contribution is -2.32. The van der Waals surface area contributed by atoms with Crippen molar-refractivity contribution >= 4 is 22.9 Å². The van der Waals surface area contributed by atoms with Crippen LogP contribution in [0.15, 0.2) is 53.6 Å². The van der Waals surface area contributed by atoms with Gasteiger partial charge in [-0.2, -0.15) is 5.10 Å². The first kappa shape index (κ1) is 18.2. The minimum Gasteiger partial charge on any atom is -0.507 e. The van der Waals surface area contributed by atoms with Gasteiger partial charge in [-0.05, 0) is 52.9 Å². The van der Waals surface area contributed by atoms with Crippen LogP contribution in [-0.4, -0.2) is 28.7 Å². The van der Waals surface area contributed by atoms with E-state index in [1.54, 1.807) is 6.07 Å². The molecule has 0 fully saturated rings. The van der Waals surface area contributed by atoms with E-state index in [2.05, 4.69) is 41.4 Å². The highest BCUT2D eigenvalue weighted by Gasteiger charge is 2.21. The van der Waals surface area contributed by atoms with Gasteiger partial charge in [0.05, 0.1) is 12.8 Å². The monoisotopic (exact) mass is 373 g/mol. The van der Waals surface area contributed by atoms with Crippen LogP contribution in [0.2, 0.25) is 0 Å². The van der Waals surface area contributed by atoms with Gasteiger partial charge in [-0.1, -0.05) is 42.5 Å². The summed E-state index contributed by atoms with van der Waals surface area (Å²) in [6, 6.07) is 15.7. The van der Waals surface area contributed by atoms with Gasteiger partial charge in [0.1, 0.15) is 5.75 Å². The molecule has 5 heteroatoms. The van der Waals surface area contributed by atoms with Crippen molar-refractivity contribution in [3.05, 3.63) is 76.3 Å². The third kappa shape index (κ3) is 3.62. The number of carbonyl (C=O) groups is 1. The van der Waals surface area contributed by atoms with Crippen molar-refractivity contribution in [3.63, 3.8) is 0 Å². The number of hydrogen-bond acceptors (Lipinski definition) is 4. The molecule has 0 unspecified atom stereocenters. The van der Waals surface area contributed by atoms with Crippen molar-refractivity contribution in [2.45, 2.75) is 26.9 Å². The number of hydrogen-bond donors (Lipinski definition) is 2. The van der Waals surface area contributed by atoms with Crippen molar-refractivity contribution in [2.75, 3.05) is 6.54 Å². The van der Waals surface area contributed by atoms with E-state index in [4.69, 9.17) is 0 Å². The Morgan fingerprint density at radius 1 is 1.11 bits per heavy atom. The summed E-state index contributed by atoms with van der Waals surface area (Å²) < 4.78 is 0. The quantitative estimate of drug-likeness (QED) is 0.542. The molecule has 2 N–H and O–H groups in total. The molecule has 0 aliphatic carbocycles. The third-order valence-corrected chi connectivity index (χ3v) is 5.30. The Bertz CT molecular complexity index is 1060. The van der Waals surface area contributed by atoms with Crippen LogP contribution in [0.5, 0.6) is 5.75 Å². The second-order valence-corrected chi connectivity index (χ2v) is 7.36. The Hall–Kier alpha value is -3.18. The second kappa shape index (κ2) is 7.44. The zero-order valence-corrected chi connectivity index (χ0v) is 16.1. The number of carbonyl (C=O) groups excluding carboxylic acids is 1. The minimum absolute atomic E-state index is 0.137. The maximum Gasteiger partial charge on any atom is 0.254 e. The first-order valence-corrected chi connectivity index (χ1v) is 9.35. The Balaban J connectivity index is 1.40. The number of phenolic OH excluding ortho intramolecular Hbond substituents is 1. The van der Waals surface area contributed by atoms with Gasteiger partial charge in [0, 0.05) is 18.7 Å². The fourth-order valence-corrected chi connectivity index (χ4v) is 3.71. The molecule has 1 aliphatic heterocycles. The van der Waals surface area contributed by atoms with E-state index in [-0.39, 0.29) is 18.2 Å². The molecule has 0 spiro atoms. The van der Waals surface area contributed by atoms with Gasteiger partial charge in [0.15, 0.2) is 0 Å². The van der Waals surface area contributed by atoms with Crippen LogP contribution in [0, 0.1) is 13.8 Å². The lowest BCUT2D eigenvalue weighted by atomic mass is 10.0. The van der Waals surface area contributed by atoms with E-state index < -0.39 is 0 Å². The fraction of sp³-hybridized carbons (Fsp3) is 0.217. The summed E-state index contributed by atoms with van der Waals surface area (Å²) in [6.07, 6.45) is 1.50. The molecule has 142 valence electrons. The highest BCUT2D eigenvalue weighted by atomic mass is 16.3. The molecular weight excluding hydrogens is 350 g/mol. The minimum atomic E-state index is -0.169. The number of fused-ring (bicyclic) bond motifs is 2. The molecule has 4 rings (SSSR count). The number of benzene rings is 3. The van der Waals surface area contributed by atoms with Crippen molar-refractivity contribution in [3.8, 4) is 5.75 Å². The Morgan fingerprint density at radius 3 is 2.50 bits per heavy atom. The molecule has 0 saturated carbocycles. The van der Waals surface area contributed by atoms with E-state index in [0.29, 0.717) is 5.56 Å². The molecule has 0 bridgehead atoms.